The Labute approximate surface area is 542 Å². The van der Waals surface area contributed by atoms with Gasteiger partial charge in [-0.05, 0) is 57.3 Å². The number of phosphoric ester groups is 2. The number of phosphoric acid groups is 2. The minimum Gasteiger partial charge on any atom is -0.462 e. The van der Waals surface area contributed by atoms with Gasteiger partial charge in [0.25, 0.3) is 0 Å². The first-order valence-corrected chi connectivity index (χ1v) is 38.9. The zero-order valence-electron chi connectivity index (χ0n) is 57.0. The van der Waals surface area contributed by atoms with Gasteiger partial charge in [0.2, 0.25) is 0 Å². The van der Waals surface area contributed by atoms with Crippen LogP contribution >= 0.6 is 15.6 Å². The number of rotatable bonds is 68. The Hall–Kier alpha value is -2.46. The van der Waals surface area contributed by atoms with Gasteiger partial charge in [-0.3, -0.25) is 37.3 Å². The number of carbonyl (C=O) groups excluding carboxylic acids is 4. The van der Waals surface area contributed by atoms with Gasteiger partial charge in [-0.2, -0.15) is 0 Å². The smallest absolute Gasteiger partial charge is 0.462 e. The predicted molar refractivity (Wildman–Crippen MR) is 358 cm³/mol. The quantitative estimate of drug-likeness (QED) is 0.0169. The van der Waals surface area contributed by atoms with Gasteiger partial charge < -0.3 is 33.8 Å². The molecule has 5 atom stereocenters. The Morgan fingerprint density at radius 3 is 0.921 bits per heavy atom. The molecule has 0 rings (SSSR count). The first-order chi connectivity index (χ1) is 43.0. The molecule has 0 fully saturated rings. The lowest BCUT2D eigenvalue weighted by molar-refractivity contribution is -0.161. The Kier molecular flexibility index (Phi) is 61.2. The van der Waals surface area contributed by atoms with Crippen molar-refractivity contribution in [2.45, 2.75) is 355 Å². The lowest BCUT2D eigenvalue weighted by Crippen LogP contribution is -2.30. The van der Waals surface area contributed by atoms with Crippen molar-refractivity contribution in [2.24, 2.45) is 5.92 Å². The Morgan fingerprint density at radius 2 is 0.607 bits per heavy atom. The van der Waals surface area contributed by atoms with Gasteiger partial charge in [-0.1, -0.05) is 284 Å². The minimum atomic E-state index is -4.96. The highest BCUT2D eigenvalue weighted by molar-refractivity contribution is 7.47. The van der Waals surface area contributed by atoms with E-state index in [2.05, 4.69) is 58.9 Å². The minimum absolute atomic E-state index is 0.0851. The average molecular weight is 1310 g/mol. The zero-order valence-corrected chi connectivity index (χ0v) is 58.8. The van der Waals surface area contributed by atoms with Crippen molar-refractivity contribution in [3.05, 3.63) is 24.3 Å². The van der Waals surface area contributed by atoms with E-state index >= 15 is 0 Å². The van der Waals surface area contributed by atoms with Crippen LogP contribution in [-0.4, -0.2) is 96.7 Å². The Balaban J connectivity index is 5.25. The molecule has 0 bridgehead atoms. The maximum atomic E-state index is 13.0. The molecule has 0 aromatic heterocycles. The van der Waals surface area contributed by atoms with E-state index in [0.29, 0.717) is 25.7 Å². The molecule has 19 heteroatoms. The van der Waals surface area contributed by atoms with E-state index in [4.69, 9.17) is 37.0 Å². The standard InChI is InChI=1S/C70H132O17P2/c1-6-9-12-15-18-20-22-24-25-27-31-36-41-46-51-56-70(75)87-66(60-81-68(73)54-49-44-39-34-32-28-29-33-38-42-47-52-63(4)5)62-85-89(78,79)83-58-64(71)57-82-88(76,77)84-61-65(59-80-67(72)53-48-43-37-17-14-11-8-3)86-69(74)55-50-45-40-35-30-26-23-21-19-16-13-10-7-2/h20,22,24-25,63-66,71H,6-19,21,23,26-62H2,1-5H3,(H,76,77)(H,78,79)/b22-20-,25-24-/t64-,65+,66+/m0/s1. The normalized spacial score (nSPS) is 14.3. The summed E-state index contributed by atoms with van der Waals surface area (Å²) in [4.78, 5) is 72.4. The molecule has 17 nitrogen and oxygen atoms in total. The number of aliphatic hydroxyl groups excluding tert-OH is 1. The van der Waals surface area contributed by atoms with Gasteiger partial charge in [0.05, 0.1) is 26.4 Å². The molecule has 0 aliphatic rings. The van der Waals surface area contributed by atoms with E-state index in [0.717, 1.165) is 121 Å². The summed E-state index contributed by atoms with van der Waals surface area (Å²) in [5, 5.41) is 10.6. The molecule has 0 heterocycles. The van der Waals surface area contributed by atoms with Crippen molar-refractivity contribution in [3.63, 3.8) is 0 Å². The number of allylic oxidation sites excluding steroid dienone is 4. The van der Waals surface area contributed by atoms with Crippen molar-refractivity contribution in [3.8, 4) is 0 Å². The second-order valence-corrected chi connectivity index (χ2v) is 28.0. The molecule has 0 aliphatic carbocycles. The number of hydrogen-bond acceptors (Lipinski definition) is 15. The van der Waals surface area contributed by atoms with Gasteiger partial charge in [0.15, 0.2) is 12.2 Å². The fourth-order valence-electron chi connectivity index (χ4n) is 10.1. The highest BCUT2D eigenvalue weighted by atomic mass is 31.2. The van der Waals surface area contributed by atoms with Gasteiger partial charge in [0, 0.05) is 25.7 Å². The SMILES string of the molecule is CCCCCC/C=C\C=C/CCCCCCCC(=O)O[C@H](COC(=O)CCCCCCCCCCCCCC(C)C)COP(=O)(O)OC[C@@H](O)COP(=O)(O)OC[C@@H](COC(=O)CCCCCCCCC)OC(=O)CCCCCCCCCCCCCCC. The summed E-state index contributed by atoms with van der Waals surface area (Å²) in [6.45, 7) is 7.14. The third-order valence-corrected chi connectivity index (χ3v) is 17.6. The molecule has 524 valence electrons. The number of unbranched alkanes of at least 4 members (excludes halogenated alkanes) is 37. The van der Waals surface area contributed by atoms with Crippen LogP contribution in [0.5, 0.6) is 0 Å². The summed E-state index contributed by atoms with van der Waals surface area (Å²) in [5.41, 5.74) is 0. The third kappa shape index (κ3) is 64.1. The lowest BCUT2D eigenvalue weighted by Gasteiger charge is -2.21. The van der Waals surface area contributed by atoms with Gasteiger partial charge in [-0.25, -0.2) is 9.13 Å². The van der Waals surface area contributed by atoms with Crippen LogP contribution in [-0.2, 0) is 65.4 Å². The second-order valence-electron chi connectivity index (χ2n) is 25.1. The van der Waals surface area contributed by atoms with Crippen LogP contribution in [0.3, 0.4) is 0 Å². The van der Waals surface area contributed by atoms with Gasteiger partial charge in [0.1, 0.15) is 19.3 Å². The maximum absolute atomic E-state index is 13.0. The largest absolute Gasteiger partial charge is 0.472 e. The summed E-state index contributed by atoms with van der Waals surface area (Å²) in [6, 6.07) is 0. The molecule has 3 N–H and O–H groups in total. The van der Waals surface area contributed by atoms with Crippen molar-refractivity contribution >= 4 is 39.5 Å². The van der Waals surface area contributed by atoms with Crippen LogP contribution in [0.25, 0.3) is 0 Å². The van der Waals surface area contributed by atoms with Crippen molar-refractivity contribution in [2.75, 3.05) is 39.6 Å². The van der Waals surface area contributed by atoms with Crippen LogP contribution < -0.4 is 0 Å². The number of hydrogen-bond donors (Lipinski definition) is 3. The van der Waals surface area contributed by atoms with Gasteiger partial charge in [-0.15, -0.1) is 0 Å². The first kappa shape index (κ1) is 86.5. The molecule has 0 radical (unpaired) electrons. The number of carbonyl (C=O) groups is 4. The fraction of sp³-hybridized carbons (Fsp3) is 0.886. The van der Waals surface area contributed by atoms with Crippen LogP contribution in [0.4, 0.5) is 0 Å². The summed E-state index contributed by atoms with van der Waals surface area (Å²) in [6.07, 6.45) is 52.2. The van der Waals surface area contributed by atoms with Crippen molar-refractivity contribution in [1.82, 2.24) is 0 Å². The van der Waals surface area contributed by atoms with E-state index in [1.54, 1.807) is 0 Å². The molecule has 0 spiro atoms. The number of ether oxygens (including phenoxy) is 4. The third-order valence-electron chi connectivity index (χ3n) is 15.7. The van der Waals surface area contributed by atoms with E-state index in [1.807, 2.05) is 0 Å². The first-order valence-electron chi connectivity index (χ1n) is 36.0. The molecule has 2 unspecified atom stereocenters. The molecule has 0 amide bonds. The van der Waals surface area contributed by atoms with E-state index < -0.39 is 97.5 Å². The van der Waals surface area contributed by atoms with Crippen LogP contribution in [0.1, 0.15) is 336 Å². The molecular formula is C70H132O17P2. The number of aliphatic hydroxyl groups is 1. The van der Waals surface area contributed by atoms with Crippen LogP contribution in [0.2, 0.25) is 0 Å². The van der Waals surface area contributed by atoms with Crippen LogP contribution in [0, 0.1) is 5.92 Å². The highest BCUT2D eigenvalue weighted by Crippen LogP contribution is 2.45. The summed E-state index contributed by atoms with van der Waals surface area (Å²) in [5.74, 6) is -1.39. The average Bonchev–Trinajstić information content (AvgIpc) is 3.53. The topological polar surface area (TPSA) is 237 Å². The molecule has 0 aliphatic heterocycles. The molecule has 0 aromatic carbocycles. The monoisotopic (exact) mass is 1310 g/mol. The summed E-state index contributed by atoms with van der Waals surface area (Å²) in [7, 11) is -9.91. The highest BCUT2D eigenvalue weighted by Gasteiger charge is 2.30. The molecule has 0 saturated carbocycles. The van der Waals surface area contributed by atoms with Crippen LogP contribution in [0.15, 0.2) is 24.3 Å². The van der Waals surface area contributed by atoms with E-state index in [-0.39, 0.29) is 25.7 Å². The van der Waals surface area contributed by atoms with E-state index in [9.17, 15) is 43.2 Å². The lowest BCUT2D eigenvalue weighted by atomic mass is 10.0. The summed E-state index contributed by atoms with van der Waals surface area (Å²) < 4.78 is 68.1. The Bertz CT molecular complexity index is 1810. The summed E-state index contributed by atoms with van der Waals surface area (Å²) >= 11 is 0. The predicted octanol–water partition coefficient (Wildman–Crippen LogP) is 19.7. The second kappa shape index (κ2) is 63.0. The Morgan fingerprint density at radius 1 is 0.348 bits per heavy atom. The maximum Gasteiger partial charge on any atom is 0.472 e. The van der Waals surface area contributed by atoms with Gasteiger partial charge >= 0.3 is 39.5 Å². The van der Waals surface area contributed by atoms with E-state index in [1.165, 1.54) is 135 Å². The molecular weight excluding hydrogens is 1170 g/mol. The van der Waals surface area contributed by atoms with Crippen molar-refractivity contribution < 1.29 is 80.2 Å². The molecule has 0 saturated heterocycles. The fourth-order valence-corrected chi connectivity index (χ4v) is 11.7. The van der Waals surface area contributed by atoms with Crippen molar-refractivity contribution in [1.29, 1.82) is 0 Å². The number of esters is 4. The molecule has 0 aromatic rings. The zero-order chi connectivity index (χ0) is 65.6. The molecule has 89 heavy (non-hydrogen) atoms.